The number of ether oxygens (including phenoxy) is 1. The van der Waals surface area contributed by atoms with Gasteiger partial charge in [-0.05, 0) is 38.5 Å². The van der Waals surface area contributed by atoms with E-state index in [1.807, 2.05) is 0 Å². The Bertz CT molecular complexity index is 313. The van der Waals surface area contributed by atoms with Gasteiger partial charge in [-0.3, -0.25) is 4.79 Å². The topological polar surface area (TPSA) is 26.3 Å². The van der Waals surface area contributed by atoms with Crippen LogP contribution in [0.1, 0.15) is 51.9 Å². The molecule has 0 saturated carbocycles. The minimum Gasteiger partial charge on any atom is -0.462 e. The summed E-state index contributed by atoms with van der Waals surface area (Å²) in [5, 5.41) is 0. The summed E-state index contributed by atoms with van der Waals surface area (Å²) < 4.78 is 5.45. The first-order valence-corrected chi connectivity index (χ1v) is 6.97. The van der Waals surface area contributed by atoms with E-state index in [-0.39, 0.29) is 12.1 Å². The van der Waals surface area contributed by atoms with E-state index >= 15 is 0 Å². The van der Waals surface area contributed by atoms with Crippen molar-refractivity contribution in [1.82, 2.24) is 0 Å². The average Bonchev–Trinajstić information content (AvgIpc) is 2.38. The zero-order chi connectivity index (χ0) is 13.1. The molecule has 0 N–H and O–H groups in total. The van der Waals surface area contributed by atoms with Crippen molar-refractivity contribution in [2.45, 2.75) is 58.0 Å². The molecule has 0 fully saturated rings. The van der Waals surface area contributed by atoms with E-state index in [9.17, 15) is 4.79 Å². The lowest BCUT2D eigenvalue weighted by molar-refractivity contribution is -0.149. The lowest BCUT2D eigenvalue weighted by atomic mass is 10.1. The number of hydrogen-bond acceptors (Lipinski definition) is 2. The highest BCUT2D eigenvalue weighted by atomic mass is 16.5. The van der Waals surface area contributed by atoms with Crippen LogP contribution in [-0.4, -0.2) is 12.1 Å². The number of rotatable bonds is 1. The molecule has 0 radical (unpaired) electrons. The number of allylic oxidation sites excluding steroid dienone is 6. The Hall–Kier alpha value is -1.31. The highest BCUT2D eigenvalue weighted by Gasteiger charge is 2.10. The molecule has 2 heteroatoms. The standard InChI is InChI=1S/C16H24O2/c1-2-15-13-11-9-7-5-3-4-6-8-10-12-14-16(17)18-15/h3-4,7-10,15H,2,5-6,11-14H2,1H3/b4-3+,9-7+,10-8+. The zero-order valence-electron chi connectivity index (χ0n) is 11.3. The number of carbonyl (C=O) groups excluding carboxylic acids is 1. The Morgan fingerprint density at radius 1 is 1.06 bits per heavy atom. The smallest absolute Gasteiger partial charge is 0.306 e. The lowest BCUT2D eigenvalue weighted by Crippen LogP contribution is -2.16. The molecule has 1 heterocycles. The van der Waals surface area contributed by atoms with Crippen LogP contribution in [0.3, 0.4) is 0 Å². The van der Waals surface area contributed by atoms with Gasteiger partial charge in [-0.2, -0.15) is 0 Å². The highest BCUT2D eigenvalue weighted by molar-refractivity contribution is 5.69. The van der Waals surface area contributed by atoms with Crippen molar-refractivity contribution < 1.29 is 9.53 Å². The number of carbonyl (C=O) groups is 1. The van der Waals surface area contributed by atoms with Gasteiger partial charge in [0.1, 0.15) is 6.10 Å². The third-order valence-electron chi connectivity index (χ3n) is 2.97. The molecule has 0 aromatic heterocycles. The van der Waals surface area contributed by atoms with Crippen LogP contribution < -0.4 is 0 Å². The Morgan fingerprint density at radius 3 is 2.33 bits per heavy atom. The quantitative estimate of drug-likeness (QED) is 0.510. The van der Waals surface area contributed by atoms with Crippen LogP contribution >= 0.6 is 0 Å². The molecule has 0 aromatic rings. The Kier molecular flexibility index (Phi) is 7.94. The predicted octanol–water partition coefficient (Wildman–Crippen LogP) is 4.33. The molecule has 2 nitrogen and oxygen atoms in total. The van der Waals surface area contributed by atoms with E-state index in [1.165, 1.54) is 0 Å². The van der Waals surface area contributed by atoms with Crippen LogP contribution in [-0.2, 0) is 9.53 Å². The maximum absolute atomic E-state index is 11.6. The van der Waals surface area contributed by atoms with E-state index < -0.39 is 0 Å². The zero-order valence-corrected chi connectivity index (χ0v) is 11.3. The minimum absolute atomic E-state index is 0.0686. The molecular weight excluding hydrogens is 224 g/mol. The van der Waals surface area contributed by atoms with Gasteiger partial charge in [0.05, 0.1) is 0 Å². The van der Waals surface area contributed by atoms with Crippen molar-refractivity contribution in [2.75, 3.05) is 0 Å². The fourth-order valence-electron chi connectivity index (χ4n) is 1.85. The monoisotopic (exact) mass is 248 g/mol. The Labute approximate surface area is 110 Å². The van der Waals surface area contributed by atoms with Gasteiger partial charge in [0.2, 0.25) is 0 Å². The predicted molar refractivity (Wildman–Crippen MR) is 75.3 cm³/mol. The second-order valence-electron chi connectivity index (χ2n) is 4.52. The maximum atomic E-state index is 11.6. The molecule has 0 bridgehead atoms. The highest BCUT2D eigenvalue weighted by Crippen LogP contribution is 2.10. The summed E-state index contributed by atoms with van der Waals surface area (Å²) in [6.45, 7) is 2.07. The third kappa shape index (κ3) is 7.10. The number of esters is 1. The second kappa shape index (κ2) is 9.69. The fraction of sp³-hybridized carbons (Fsp3) is 0.562. The van der Waals surface area contributed by atoms with E-state index in [0.29, 0.717) is 6.42 Å². The van der Waals surface area contributed by atoms with Gasteiger partial charge < -0.3 is 4.74 Å². The maximum Gasteiger partial charge on any atom is 0.306 e. The molecule has 0 spiro atoms. The summed E-state index contributed by atoms with van der Waals surface area (Å²) in [5.74, 6) is -0.0686. The first-order chi connectivity index (χ1) is 8.83. The molecule has 1 aliphatic heterocycles. The van der Waals surface area contributed by atoms with Gasteiger partial charge in [0.25, 0.3) is 0 Å². The van der Waals surface area contributed by atoms with E-state index in [2.05, 4.69) is 43.4 Å². The van der Waals surface area contributed by atoms with Crippen molar-refractivity contribution in [3.63, 3.8) is 0 Å². The molecule has 100 valence electrons. The van der Waals surface area contributed by atoms with Gasteiger partial charge in [0.15, 0.2) is 0 Å². The van der Waals surface area contributed by atoms with Crippen molar-refractivity contribution >= 4 is 5.97 Å². The van der Waals surface area contributed by atoms with Crippen molar-refractivity contribution in [2.24, 2.45) is 0 Å². The molecule has 0 amide bonds. The average molecular weight is 248 g/mol. The first kappa shape index (κ1) is 14.7. The summed E-state index contributed by atoms with van der Waals surface area (Å²) in [6.07, 6.45) is 18.9. The molecule has 18 heavy (non-hydrogen) atoms. The first-order valence-electron chi connectivity index (χ1n) is 6.97. The molecule has 0 aromatic carbocycles. The summed E-state index contributed by atoms with van der Waals surface area (Å²) in [5.41, 5.74) is 0. The molecule has 1 unspecified atom stereocenters. The van der Waals surface area contributed by atoms with E-state index in [1.54, 1.807) is 0 Å². The molecule has 0 saturated heterocycles. The van der Waals surface area contributed by atoms with Crippen LogP contribution in [0, 0.1) is 0 Å². The minimum atomic E-state index is -0.0686. The number of cyclic esters (lactones) is 1. The van der Waals surface area contributed by atoms with Crippen molar-refractivity contribution in [1.29, 1.82) is 0 Å². The van der Waals surface area contributed by atoms with Crippen LogP contribution in [0.5, 0.6) is 0 Å². The Morgan fingerprint density at radius 2 is 1.67 bits per heavy atom. The van der Waals surface area contributed by atoms with Gasteiger partial charge in [-0.1, -0.05) is 43.4 Å². The molecular formula is C16H24O2. The largest absolute Gasteiger partial charge is 0.462 e. The fourth-order valence-corrected chi connectivity index (χ4v) is 1.85. The molecule has 0 aliphatic carbocycles. The molecule has 1 aliphatic rings. The summed E-state index contributed by atoms with van der Waals surface area (Å²) in [4.78, 5) is 11.6. The van der Waals surface area contributed by atoms with Crippen LogP contribution in [0.4, 0.5) is 0 Å². The Balaban J connectivity index is 2.50. The van der Waals surface area contributed by atoms with E-state index in [4.69, 9.17) is 4.74 Å². The summed E-state index contributed by atoms with van der Waals surface area (Å²) in [6, 6.07) is 0. The van der Waals surface area contributed by atoms with E-state index in [0.717, 1.165) is 38.5 Å². The van der Waals surface area contributed by atoms with Crippen LogP contribution in [0.15, 0.2) is 36.5 Å². The SMILES string of the molecule is CCC1CC/C=C/C/C=C/C/C=C/CCC(=O)O1. The van der Waals surface area contributed by atoms with Crippen molar-refractivity contribution in [3.05, 3.63) is 36.5 Å². The van der Waals surface area contributed by atoms with Crippen LogP contribution in [0.2, 0.25) is 0 Å². The van der Waals surface area contributed by atoms with Gasteiger partial charge in [-0.25, -0.2) is 0 Å². The van der Waals surface area contributed by atoms with Gasteiger partial charge in [-0.15, -0.1) is 0 Å². The number of hydrogen-bond donors (Lipinski definition) is 0. The van der Waals surface area contributed by atoms with Gasteiger partial charge in [0, 0.05) is 6.42 Å². The molecule has 1 atom stereocenters. The van der Waals surface area contributed by atoms with Crippen molar-refractivity contribution in [3.8, 4) is 0 Å². The summed E-state index contributed by atoms with van der Waals surface area (Å²) >= 11 is 0. The third-order valence-corrected chi connectivity index (χ3v) is 2.97. The van der Waals surface area contributed by atoms with Crippen LogP contribution in [0.25, 0.3) is 0 Å². The normalized spacial score (nSPS) is 28.5. The van der Waals surface area contributed by atoms with Gasteiger partial charge >= 0.3 is 5.97 Å². The second-order valence-corrected chi connectivity index (χ2v) is 4.52. The molecule has 1 rings (SSSR count). The summed E-state index contributed by atoms with van der Waals surface area (Å²) in [7, 11) is 0. The lowest BCUT2D eigenvalue weighted by Gasteiger charge is -2.14.